The van der Waals surface area contributed by atoms with Gasteiger partial charge in [0.05, 0.1) is 0 Å². The zero-order valence-electron chi connectivity index (χ0n) is 11.4. The van der Waals surface area contributed by atoms with Gasteiger partial charge in [0, 0.05) is 0 Å². The fraction of sp³-hybridized carbons (Fsp3) is 0.250. The Hall–Kier alpha value is -1.43. The van der Waals surface area contributed by atoms with Gasteiger partial charge in [-0.2, -0.15) is 0 Å². The minimum absolute atomic E-state index is 0.182. The number of nitro benzene ring substituents is 1. The molecule has 0 fully saturated rings. The van der Waals surface area contributed by atoms with Gasteiger partial charge in [0.1, 0.15) is 0 Å². The molecule has 2 aromatic rings. The number of rotatable bonds is 6. The molecule has 0 radical (unpaired) electrons. The quantitative estimate of drug-likeness (QED) is 0.426. The number of halogens is 1. The van der Waals surface area contributed by atoms with Crippen molar-refractivity contribution >= 4 is 5.69 Å². The van der Waals surface area contributed by atoms with Crippen LogP contribution in [0.1, 0.15) is 25.3 Å². The topological polar surface area (TPSA) is 43.1 Å². The van der Waals surface area contributed by atoms with Crippen molar-refractivity contribution in [1.29, 1.82) is 0 Å². The molecule has 0 unspecified atom stereocenters. The summed E-state index contributed by atoms with van der Waals surface area (Å²) in [6, 6.07) is 15.7. The van der Waals surface area contributed by atoms with Crippen LogP contribution in [0, 0.1) is 17.3 Å². The predicted octanol–water partition coefficient (Wildman–Crippen LogP) is 1.07. The van der Waals surface area contributed by atoms with Crippen molar-refractivity contribution in [3.8, 4) is 0 Å². The Morgan fingerprint density at radius 2 is 1.85 bits per heavy atom. The maximum atomic E-state index is 10.8. The number of hydrogen-bond donors (Lipinski definition) is 0. The summed E-state index contributed by atoms with van der Waals surface area (Å²) in [7, 11) is 0. The Balaban J connectivity index is 2.06. The normalized spacial score (nSPS) is 10.7. The standard InChI is InChI=1S/C16H17INO2/c1-2-3-5-13-8-10-14(11-9-13)17-15-6-4-7-16(12-15)18(19)20/h4,6-12H,2-3,5H2,1H3/q-1. The molecule has 0 amide bonds. The summed E-state index contributed by atoms with van der Waals surface area (Å²) in [4.78, 5) is 10.4. The van der Waals surface area contributed by atoms with E-state index in [-0.39, 0.29) is 31.8 Å². The van der Waals surface area contributed by atoms with Crippen LogP contribution < -0.4 is 21.2 Å². The second-order valence-electron chi connectivity index (χ2n) is 4.56. The Bertz CT molecular complexity index is 581. The number of non-ortho nitro benzene ring substituents is 1. The van der Waals surface area contributed by atoms with E-state index in [1.54, 1.807) is 18.2 Å². The van der Waals surface area contributed by atoms with E-state index in [1.807, 2.05) is 6.07 Å². The molecule has 0 saturated heterocycles. The second-order valence-corrected chi connectivity index (χ2v) is 7.59. The average molecular weight is 382 g/mol. The molecule has 0 bridgehead atoms. The van der Waals surface area contributed by atoms with E-state index >= 15 is 0 Å². The SMILES string of the molecule is CCCCc1ccc([I-]c2cccc([N+](=O)[O-])c2)cc1. The molecule has 0 atom stereocenters. The first kappa shape index (κ1) is 15.0. The molecule has 0 aliphatic heterocycles. The molecule has 3 nitrogen and oxygen atoms in total. The van der Waals surface area contributed by atoms with Crippen LogP contribution in [0.2, 0.25) is 0 Å². The van der Waals surface area contributed by atoms with Crippen LogP contribution in [0.25, 0.3) is 0 Å². The van der Waals surface area contributed by atoms with Gasteiger partial charge < -0.3 is 0 Å². The molecular weight excluding hydrogens is 365 g/mol. The Kier molecular flexibility index (Phi) is 5.52. The molecule has 0 aromatic heterocycles. The van der Waals surface area contributed by atoms with Crippen LogP contribution in [0.3, 0.4) is 0 Å². The number of benzene rings is 2. The third-order valence-corrected chi connectivity index (χ3v) is 5.61. The number of aryl methyl sites for hydroxylation is 1. The van der Waals surface area contributed by atoms with Crippen LogP contribution in [0.4, 0.5) is 5.69 Å². The molecule has 4 heteroatoms. The third-order valence-electron chi connectivity index (χ3n) is 2.97. The summed E-state index contributed by atoms with van der Waals surface area (Å²) in [5.74, 6) is 0. The minimum atomic E-state index is -0.344. The van der Waals surface area contributed by atoms with E-state index in [0.29, 0.717) is 0 Å². The van der Waals surface area contributed by atoms with Crippen molar-refractivity contribution in [2.45, 2.75) is 26.2 Å². The summed E-state index contributed by atoms with van der Waals surface area (Å²) < 4.78 is 2.38. The molecule has 20 heavy (non-hydrogen) atoms. The second kappa shape index (κ2) is 7.38. The van der Waals surface area contributed by atoms with Gasteiger partial charge in [0.2, 0.25) is 0 Å². The Morgan fingerprint density at radius 1 is 1.10 bits per heavy atom. The van der Waals surface area contributed by atoms with E-state index < -0.39 is 0 Å². The van der Waals surface area contributed by atoms with Crippen molar-refractivity contribution in [2.24, 2.45) is 0 Å². The van der Waals surface area contributed by atoms with Crippen molar-refractivity contribution in [3.63, 3.8) is 0 Å². The molecule has 2 aromatic carbocycles. The van der Waals surface area contributed by atoms with Gasteiger partial charge in [0.25, 0.3) is 0 Å². The summed E-state index contributed by atoms with van der Waals surface area (Å²) in [6.45, 7) is 2.20. The van der Waals surface area contributed by atoms with E-state index in [2.05, 4.69) is 31.2 Å². The van der Waals surface area contributed by atoms with E-state index in [9.17, 15) is 10.1 Å². The first-order valence-corrected chi connectivity index (χ1v) is 8.83. The molecule has 0 aliphatic carbocycles. The first-order chi connectivity index (χ1) is 9.69. The van der Waals surface area contributed by atoms with Gasteiger partial charge in [-0.3, -0.25) is 0 Å². The Morgan fingerprint density at radius 3 is 2.50 bits per heavy atom. The number of unbranched alkanes of at least 4 members (excludes halogenated alkanes) is 1. The van der Waals surface area contributed by atoms with E-state index in [1.165, 1.54) is 22.0 Å². The summed E-state index contributed by atoms with van der Waals surface area (Å²) >= 11 is -0.344. The fourth-order valence-corrected chi connectivity index (χ4v) is 4.17. The monoisotopic (exact) mass is 382 g/mol. The van der Waals surface area contributed by atoms with Gasteiger partial charge in [-0.25, -0.2) is 0 Å². The predicted molar refractivity (Wildman–Crippen MR) is 75.5 cm³/mol. The van der Waals surface area contributed by atoms with Crippen molar-refractivity contribution < 1.29 is 26.1 Å². The molecule has 0 spiro atoms. The van der Waals surface area contributed by atoms with Crippen LogP contribution >= 0.6 is 0 Å². The number of hydrogen-bond acceptors (Lipinski definition) is 2. The Labute approximate surface area is 129 Å². The van der Waals surface area contributed by atoms with Gasteiger partial charge >= 0.3 is 129 Å². The fourth-order valence-electron chi connectivity index (χ4n) is 1.87. The van der Waals surface area contributed by atoms with Gasteiger partial charge in [0.15, 0.2) is 0 Å². The molecule has 106 valence electrons. The summed E-state index contributed by atoms with van der Waals surface area (Å²) in [6.07, 6.45) is 3.56. The molecule has 0 aliphatic rings. The van der Waals surface area contributed by atoms with E-state index in [0.717, 1.165) is 9.99 Å². The summed E-state index contributed by atoms with van der Waals surface area (Å²) in [5.41, 5.74) is 1.56. The molecule has 0 heterocycles. The summed E-state index contributed by atoms with van der Waals surface area (Å²) in [5, 5.41) is 10.8. The van der Waals surface area contributed by atoms with Gasteiger partial charge in [-0.1, -0.05) is 0 Å². The molecule has 2 rings (SSSR count). The molecule has 0 N–H and O–H groups in total. The van der Waals surface area contributed by atoms with Crippen molar-refractivity contribution in [2.75, 3.05) is 0 Å². The van der Waals surface area contributed by atoms with E-state index in [4.69, 9.17) is 0 Å². The van der Waals surface area contributed by atoms with Crippen LogP contribution in [-0.4, -0.2) is 4.92 Å². The zero-order chi connectivity index (χ0) is 14.4. The van der Waals surface area contributed by atoms with Crippen LogP contribution in [0.15, 0.2) is 48.5 Å². The van der Waals surface area contributed by atoms with Crippen molar-refractivity contribution in [1.82, 2.24) is 0 Å². The number of nitro groups is 1. The third kappa shape index (κ3) is 4.30. The van der Waals surface area contributed by atoms with Crippen molar-refractivity contribution in [3.05, 3.63) is 71.3 Å². The zero-order valence-corrected chi connectivity index (χ0v) is 13.5. The first-order valence-electron chi connectivity index (χ1n) is 6.67. The number of nitrogens with zero attached hydrogens (tertiary/aromatic N) is 1. The van der Waals surface area contributed by atoms with Crippen LogP contribution in [0.5, 0.6) is 0 Å². The average Bonchev–Trinajstić information content (AvgIpc) is 2.47. The molecular formula is C16H17INO2-. The molecule has 0 saturated carbocycles. The maximum absolute atomic E-state index is 10.8. The van der Waals surface area contributed by atoms with Gasteiger partial charge in [-0.05, 0) is 0 Å². The van der Waals surface area contributed by atoms with Gasteiger partial charge in [-0.15, -0.1) is 0 Å². The van der Waals surface area contributed by atoms with Crippen LogP contribution in [-0.2, 0) is 6.42 Å².